The van der Waals surface area contributed by atoms with Gasteiger partial charge in [0.25, 0.3) is 0 Å². The number of halogens is 1. The highest BCUT2D eigenvalue weighted by Crippen LogP contribution is 2.26. The Morgan fingerprint density at radius 2 is 2.21 bits per heavy atom. The second-order valence-electron chi connectivity index (χ2n) is 3.02. The summed E-state index contributed by atoms with van der Waals surface area (Å²) in [5, 5.41) is 8.80. The number of carboxylic acids is 1. The molecule has 1 aromatic heterocycles. The number of hydrogen-bond donors (Lipinski definition) is 1. The standard InChI is InChI=1S/C10H7FO3/c1-5-2-3-7(11)8-6(10(12)13)4-14-9(5)8/h2-4H,1H3,(H,12,13). The van der Waals surface area contributed by atoms with Crippen molar-refractivity contribution in [2.75, 3.05) is 0 Å². The molecule has 0 spiro atoms. The van der Waals surface area contributed by atoms with E-state index < -0.39 is 11.8 Å². The minimum absolute atomic E-state index is 0.0394. The van der Waals surface area contributed by atoms with Crippen LogP contribution in [0.3, 0.4) is 0 Å². The summed E-state index contributed by atoms with van der Waals surface area (Å²) < 4.78 is 18.3. The topological polar surface area (TPSA) is 50.4 Å². The summed E-state index contributed by atoms with van der Waals surface area (Å²) in [5.74, 6) is -1.76. The molecule has 0 unspecified atom stereocenters. The maximum atomic E-state index is 13.3. The molecule has 0 bridgehead atoms. The number of rotatable bonds is 1. The summed E-state index contributed by atoms with van der Waals surface area (Å²) in [5.41, 5.74) is 0.873. The van der Waals surface area contributed by atoms with Crippen molar-refractivity contribution in [3.8, 4) is 0 Å². The Morgan fingerprint density at radius 1 is 1.50 bits per heavy atom. The molecule has 1 heterocycles. The number of aromatic carboxylic acids is 1. The van der Waals surface area contributed by atoms with Crippen molar-refractivity contribution in [3.05, 3.63) is 35.3 Å². The Kier molecular flexibility index (Phi) is 1.77. The van der Waals surface area contributed by atoms with Gasteiger partial charge in [0.05, 0.1) is 5.39 Å². The molecule has 14 heavy (non-hydrogen) atoms. The van der Waals surface area contributed by atoms with E-state index in [-0.39, 0.29) is 10.9 Å². The number of benzene rings is 1. The molecule has 0 aliphatic carbocycles. The third-order valence-electron chi connectivity index (χ3n) is 2.10. The molecule has 4 heteroatoms. The Labute approximate surface area is 78.8 Å². The number of carbonyl (C=O) groups is 1. The SMILES string of the molecule is Cc1ccc(F)c2c(C(=O)O)coc12. The Balaban J connectivity index is 2.90. The van der Waals surface area contributed by atoms with Gasteiger partial charge in [-0.2, -0.15) is 0 Å². The van der Waals surface area contributed by atoms with Gasteiger partial charge in [0.15, 0.2) is 0 Å². The lowest BCUT2D eigenvalue weighted by Crippen LogP contribution is -1.95. The van der Waals surface area contributed by atoms with Crippen LogP contribution in [-0.2, 0) is 0 Å². The Bertz CT molecular complexity index is 513. The smallest absolute Gasteiger partial charge is 0.339 e. The quantitative estimate of drug-likeness (QED) is 0.758. The van der Waals surface area contributed by atoms with Crippen LogP contribution in [0.15, 0.2) is 22.8 Å². The molecule has 3 nitrogen and oxygen atoms in total. The summed E-state index contributed by atoms with van der Waals surface area (Å²) in [6.45, 7) is 1.73. The fourth-order valence-electron chi connectivity index (χ4n) is 1.40. The highest BCUT2D eigenvalue weighted by atomic mass is 19.1. The first-order chi connectivity index (χ1) is 6.61. The molecule has 0 saturated heterocycles. The van der Waals surface area contributed by atoms with Crippen LogP contribution in [-0.4, -0.2) is 11.1 Å². The van der Waals surface area contributed by atoms with Gasteiger partial charge in [0.2, 0.25) is 0 Å². The zero-order chi connectivity index (χ0) is 10.3. The van der Waals surface area contributed by atoms with Gasteiger partial charge < -0.3 is 9.52 Å². The summed E-state index contributed by atoms with van der Waals surface area (Å²) in [4.78, 5) is 10.7. The van der Waals surface area contributed by atoms with Crippen molar-refractivity contribution in [3.63, 3.8) is 0 Å². The maximum Gasteiger partial charge on any atom is 0.339 e. The Morgan fingerprint density at radius 3 is 2.86 bits per heavy atom. The van der Waals surface area contributed by atoms with E-state index in [4.69, 9.17) is 9.52 Å². The van der Waals surface area contributed by atoms with Crippen molar-refractivity contribution in [2.45, 2.75) is 6.92 Å². The fraction of sp³-hybridized carbons (Fsp3) is 0.100. The van der Waals surface area contributed by atoms with Crippen LogP contribution in [0.2, 0.25) is 0 Å². The monoisotopic (exact) mass is 194 g/mol. The van der Waals surface area contributed by atoms with Crippen molar-refractivity contribution < 1.29 is 18.7 Å². The summed E-state index contributed by atoms with van der Waals surface area (Å²) in [6.07, 6.45) is 1.06. The van der Waals surface area contributed by atoms with Gasteiger partial charge in [0, 0.05) is 0 Å². The molecule has 0 amide bonds. The number of aryl methyl sites for hydroxylation is 1. The van der Waals surface area contributed by atoms with E-state index in [9.17, 15) is 9.18 Å². The molecule has 0 radical (unpaired) electrons. The average molecular weight is 194 g/mol. The van der Waals surface area contributed by atoms with E-state index in [1.807, 2.05) is 0 Å². The lowest BCUT2D eigenvalue weighted by Gasteiger charge is -1.96. The normalized spacial score (nSPS) is 10.7. The highest BCUT2D eigenvalue weighted by molar-refractivity contribution is 6.03. The van der Waals surface area contributed by atoms with Gasteiger partial charge in [0.1, 0.15) is 23.2 Å². The first-order valence-corrected chi connectivity index (χ1v) is 4.01. The van der Waals surface area contributed by atoms with E-state index in [1.54, 1.807) is 13.0 Å². The van der Waals surface area contributed by atoms with E-state index >= 15 is 0 Å². The van der Waals surface area contributed by atoms with Crippen molar-refractivity contribution in [1.29, 1.82) is 0 Å². The van der Waals surface area contributed by atoms with Crippen LogP contribution < -0.4 is 0 Å². The van der Waals surface area contributed by atoms with Crippen LogP contribution in [0.25, 0.3) is 11.0 Å². The van der Waals surface area contributed by atoms with Crippen LogP contribution in [0.1, 0.15) is 15.9 Å². The molecule has 1 aromatic carbocycles. The molecule has 0 aliphatic heterocycles. The minimum Gasteiger partial charge on any atom is -0.478 e. The predicted molar refractivity (Wildman–Crippen MR) is 47.9 cm³/mol. The number of fused-ring (bicyclic) bond motifs is 1. The molecular formula is C10H7FO3. The molecule has 0 fully saturated rings. The number of hydrogen-bond acceptors (Lipinski definition) is 2. The van der Waals surface area contributed by atoms with E-state index in [2.05, 4.69) is 0 Å². The predicted octanol–water partition coefficient (Wildman–Crippen LogP) is 2.58. The Hall–Kier alpha value is -1.84. The molecule has 72 valence electrons. The molecular weight excluding hydrogens is 187 g/mol. The van der Waals surface area contributed by atoms with Crippen molar-refractivity contribution in [1.82, 2.24) is 0 Å². The summed E-state index contributed by atoms with van der Waals surface area (Å²) in [7, 11) is 0. The second kappa shape index (κ2) is 2.83. The highest BCUT2D eigenvalue weighted by Gasteiger charge is 2.17. The van der Waals surface area contributed by atoms with E-state index in [1.165, 1.54) is 6.07 Å². The first kappa shape index (κ1) is 8.74. The first-order valence-electron chi connectivity index (χ1n) is 4.01. The molecule has 2 aromatic rings. The van der Waals surface area contributed by atoms with Crippen LogP contribution in [0, 0.1) is 12.7 Å². The molecule has 2 rings (SSSR count). The van der Waals surface area contributed by atoms with Crippen molar-refractivity contribution >= 4 is 16.9 Å². The second-order valence-corrected chi connectivity index (χ2v) is 3.02. The number of furan rings is 1. The van der Waals surface area contributed by atoms with Gasteiger partial charge in [-0.25, -0.2) is 9.18 Å². The number of carboxylic acid groups (broad SMARTS) is 1. The van der Waals surface area contributed by atoms with Crippen LogP contribution in [0.4, 0.5) is 4.39 Å². The van der Waals surface area contributed by atoms with Crippen LogP contribution >= 0.6 is 0 Å². The third-order valence-corrected chi connectivity index (χ3v) is 2.10. The molecule has 1 N–H and O–H groups in total. The lowest BCUT2D eigenvalue weighted by molar-refractivity contribution is 0.0697. The molecule has 0 atom stereocenters. The molecule has 0 aliphatic rings. The summed E-state index contributed by atoms with van der Waals surface area (Å²) >= 11 is 0. The van der Waals surface area contributed by atoms with Crippen molar-refractivity contribution in [2.24, 2.45) is 0 Å². The molecule has 0 saturated carbocycles. The van der Waals surface area contributed by atoms with E-state index in [0.29, 0.717) is 11.1 Å². The van der Waals surface area contributed by atoms with Gasteiger partial charge >= 0.3 is 5.97 Å². The zero-order valence-electron chi connectivity index (χ0n) is 7.37. The average Bonchev–Trinajstić information content (AvgIpc) is 2.56. The van der Waals surface area contributed by atoms with E-state index in [0.717, 1.165) is 6.26 Å². The van der Waals surface area contributed by atoms with Gasteiger partial charge in [-0.05, 0) is 18.6 Å². The summed E-state index contributed by atoms with van der Waals surface area (Å²) in [6, 6.07) is 2.78. The third kappa shape index (κ3) is 1.08. The zero-order valence-corrected chi connectivity index (χ0v) is 7.37. The minimum atomic E-state index is -1.19. The van der Waals surface area contributed by atoms with Gasteiger partial charge in [-0.1, -0.05) is 6.07 Å². The fourth-order valence-corrected chi connectivity index (χ4v) is 1.40. The lowest BCUT2D eigenvalue weighted by atomic mass is 10.1. The maximum absolute atomic E-state index is 13.3. The largest absolute Gasteiger partial charge is 0.478 e. The van der Waals surface area contributed by atoms with Crippen LogP contribution in [0.5, 0.6) is 0 Å². The van der Waals surface area contributed by atoms with Gasteiger partial charge in [-0.3, -0.25) is 0 Å². The van der Waals surface area contributed by atoms with Gasteiger partial charge in [-0.15, -0.1) is 0 Å².